The van der Waals surface area contributed by atoms with Gasteiger partial charge in [0.05, 0.1) is 25.5 Å². The van der Waals surface area contributed by atoms with Gasteiger partial charge in [0, 0.05) is 12.6 Å². The molecule has 0 aromatic carbocycles. The van der Waals surface area contributed by atoms with Gasteiger partial charge in [-0.05, 0) is 32.4 Å². The molecule has 0 aliphatic carbocycles. The summed E-state index contributed by atoms with van der Waals surface area (Å²) < 4.78 is 7.45. The van der Waals surface area contributed by atoms with Gasteiger partial charge < -0.3 is 15.4 Å². The molecule has 1 unspecified atom stereocenters. The zero-order valence-corrected chi connectivity index (χ0v) is 13.8. The van der Waals surface area contributed by atoms with E-state index in [2.05, 4.69) is 44.9 Å². The van der Waals surface area contributed by atoms with Crippen molar-refractivity contribution in [2.45, 2.75) is 46.2 Å². The van der Waals surface area contributed by atoms with E-state index < -0.39 is 0 Å². The van der Waals surface area contributed by atoms with Gasteiger partial charge in [-0.25, -0.2) is 0 Å². The number of ether oxygens (including phenoxy) is 1. The average Bonchev–Trinajstić information content (AvgIpc) is 2.74. The van der Waals surface area contributed by atoms with Crippen LogP contribution >= 0.6 is 0 Å². The molecule has 0 aliphatic rings. The average molecular weight is 282 g/mol. The Morgan fingerprint density at radius 2 is 2.05 bits per heavy atom. The lowest BCUT2D eigenvalue weighted by atomic mass is 9.84. The van der Waals surface area contributed by atoms with Crippen LogP contribution in [0.2, 0.25) is 0 Å². The normalized spacial score (nSPS) is 13.8. The Balaban J connectivity index is 2.73. The van der Waals surface area contributed by atoms with Gasteiger partial charge in [-0.3, -0.25) is 4.68 Å². The molecule has 1 rings (SSSR count). The predicted molar refractivity (Wildman–Crippen MR) is 83.1 cm³/mol. The summed E-state index contributed by atoms with van der Waals surface area (Å²) in [6.45, 7) is 8.37. The highest BCUT2D eigenvalue weighted by Crippen LogP contribution is 2.24. The van der Waals surface area contributed by atoms with Gasteiger partial charge in [0.2, 0.25) is 0 Å². The molecule has 5 nitrogen and oxygen atoms in total. The van der Waals surface area contributed by atoms with E-state index in [0.717, 1.165) is 37.4 Å². The number of nitrogens with zero attached hydrogens (tertiary/aromatic N) is 3. The lowest BCUT2D eigenvalue weighted by molar-refractivity contribution is 0.301. The van der Waals surface area contributed by atoms with Crippen LogP contribution in [0.25, 0.3) is 0 Å². The zero-order chi connectivity index (χ0) is 15.3. The highest BCUT2D eigenvalue weighted by atomic mass is 16.5. The summed E-state index contributed by atoms with van der Waals surface area (Å²) in [4.78, 5) is 2.15. The summed E-state index contributed by atoms with van der Waals surface area (Å²) in [6, 6.07) is 0.171. The molecule has 0 saturated heterocycles. The maximum Gasteiger partial charge on any atom is 0.159 e. The zero-order valence-electron chi connectivity index (χ0n) is 13.8. The van der Waals surface area contributed by atoms with Gasteiger partial charge in [0.1, 0.15) is 0 Å². The summed E-state index contributed by atoms with van der Waals surface area (Å²) in [7, 11) is 5.83. The predicted octanol–water partition coefficient (Wildman–Crippen LogP) is 1.76. The van der Waals surface area contributed by atoms with Crippen LogP contribution in [0.1, 0.15) is 32.9 Å². The number of hydrogen-bond donors (Lipinski definition) is 1. The fourth-order valence-corrected chi connectivity index (χ4v) is 2.03. The maximum absolute atomic E-state index is 6.25. The first-order valence-electron chi connectivity index (χ1n) is 7.24. The van der Waals surface area contributed by atoms with Crippen LogP contribution in [0.15, 0.2) is 6.20 Å². The Labute approximate surface area is 123 Å². The Morgan fingerprint density at radius 3 is 2.55 bits per heavy atom. The van der Waals surface area contributed by atoms with Crippen molar-refractivity contribution in [3.8, 4) is 5.75 Å². The lowest BCUT2D eigenvalue weighted by Gasteiger charge is -2.27. The van der Waals surface area contributed by atoms with Crippen LogP contribution in [0.3, 0.4) is 0 Å². The number of hydrogen-bond acceptors (Lipinski definition) is 4. The van der Waals surface area contributed by atoms with Gasteiger partial charge in [0.25, 0.3) is 0 Å². The van der Waals surface area contributed by atoms with Crippen molar-refractivity contribution in [3.63, 3.8) is 0 Å². The van der Waals surface area contributed by atoms with E-state index in [0.29, 0.717) is 0 Å². The van der Waals surface area contributed by atoms with Crippen molar-refractivity contribution >= 4 is 0 Å². The number of likely N-dealkylation sites (N-methyl/N-ethyl adjacent to an activating group) is 1. The van der Waals surface area contributed by atoms with Gasteiger partial charge in [-0.15, -0.1) is 0 Å². The van der Waals surface area contributed by atoms with Crippen LogP contribution in [-0.2, 0) is 13.0 Å². The van der Waals surface area contributed by atoms with E-state index in [4.69, 9.17) is 10.5 Å². The molecule has 2 N–H and O–H groups in total. The van der Waals surface area contributed by atoms with Crippen LogP contribution in [-0.4, -0.2) is 48.5 Å². The quantitative estimate of drug-likeness (QED) is 0.828. The molecule has 1 atom stereocenters. The molecular formula is C15H30N4O. The fourth-order valence-electron chi connectivity index (χ4n) is 2.03. The molecule has 0 radical (unpaired) electrons. The van der Waals surface area contributed by atoms with E-state index in [-0.39, 0.29) is 11.5 Å². The van der Waals surface area contributed by atoms with Crippen molar-refractivity contribution in [1.29, 1.82) is 0 Å². The van der Waals surface area contributed by atoms with Crippen LogP contribution in [0.4, 0.5) is 0 Å². The molecule has 0 saturated carbocycles. The fraction of sp³-hybridized carbons (Fsp3) is 0.800. The summed E-state index contributed by atoms with van der Waals surface area (Å²) in [5.41, 5.74) is 7.53. The third-order valence-electron chi connectivity index (χ3n) is 3.69. The molecule has 0 bridgehead atoms. The third-order valence-corrected chi connectivity index (χ3v) is 3.69. The van der Waals surface area contributed by atoms with E-state index in [1.807, 2.05) is 4.68 Å². The molecule has 0 aliphatic heterocycles. The molecule has 1 aromatic rings. The second-order valence-corrected chi connectivity index (χ2v) is 6.70. The molecule has 20 heavy (non-hydrogen) atoms. The molecule has 0 spiro atoms. The third kappa shape index (κ3) is 4.80. The van der Waals surface area contributed by atoms with Gasteiger partial charge >= 0.3 is 0 Å². The molecular weight excluding hydrogens is 252 g/mol. The van der Waals surface area contributed by atoms with Crippen LogP contribution in [0, 0.1) is 5.41 Å². The second kappa shape index (κ2) is 7.09. The number of rotatable bonds is 7. The van der Waals surface area contributed by atoms with Gasteiger partial charge in [0.15, 0.2) is 5.75 Å². The number of methoxy groups -OCH3 is 1. The SMILES string of the molecule is COc1cnn(CCN(C)C)c1CCC(N)C(C)(C)C. The molecule has 116 valence electrons. The minimum Gasteiger partial charge on any atom is -0.493 e. The summed E-state index contributed by atoms with van der Waals surface area (Å²) in [6.07, 6.45) is 3.64. The topological polar surface area (TPSA) is 56.3 Å². The molecule has 1 aromatic heterocycles. The highest BCUT2D eigenvalue weighted by Gasteiger charge is 2.22. The van der Waals surface area contributed by atoms with Crippen molar-refractivity contribution < 1.29 is 4.74 Å². The maximum atomic E-state index is 6.25. The van der Waals surface area contributed by atoms with E-state index in [1.165, 1.54) is 0 Å². The minimum absolute atomic E-state index is 0.127. The van der Waals surface area contributed by atoms with E-state index in [9.17, 15) is 0 Å². The van der Waals surface area contributed by atoms with Crippen molar-refractivity contribution in [2.24, 2.45) is 11.1 Å². The second-order valence-electron chi connectivity index (χ2n) is 6.70. The van der Waals surface area contributed by atoms with Crippen molar-refractivity contribution in [3.05, 3.63) is 11.9 Å². The Kier molecular flexibility index (Phi) is 6.02. The monoisotopic (exact) mass is 282 g/mol. The Hall–Kier alpha value is -1.07. The largest absolute Gasteiger partial charge is 0.493 e. The summed E-state index contributed by atoms with van der Waals surface area (Å²) >= 11 is 0. The first-order chi connectivity index (χ1) is 9.25. The van der Waals surface area contributed by atoms with Crippen molar-refractivity contribution in [1.82, 2.24) is 14.7 Å². The van der Waals surface area contributed by atoms with Gasteiger partial charge in [-0.2, -0.15) is 5.10 Å². The lowest BCUT2D eigenvalue weighted by Crippen LogP contribution is -2.35. The van der Waals surface area contributed by atoms with E-state index in [1.54, 1.807) is 13.3 Å². The smallest absolute Gasteiger partial charge is 0.159 e. The standard InChI is InChI=1S/C15H30N4O/c1-15(2,3)14(16)8-7-12-13(20-6)11-17-19(12)10-9-18(4)5/h11,14H,7-10,16H2,1-6H3. The number of nitrogens with two attached hydrogens (primary N) is 1. The Morgan fingerprint density at radius 1 is 1.40 bits per heavy atom. The summed E-state index contributed by atoms with van der Waals surface area (Å²) in [5, 5.41) is 4.42. The molecule has 0 amide bonds. The van der Waals surface area contributed by atoms with Crippen LogP contribution < -0.4 is 10.5 Å². The molecule has 1 heterocycles. The van der Waals surface area contributed by atoms with Gasteiger partial charge in [-0.1, -0.05) is 20.8 Å². The van der Waals surface area contributed by atoms with E-state index >= 15 is 0 Å². The molecule has 0 fully saturated rings. The first kappa shape index (κ1) is 17.0. The first-order valence-corrected chi connectivity index (χ1v) is 7.24. The highest BCUT2D eigenvalue weighted by molar-refractivity contribution is 5.25. The number of aromatic nitrogens is 2. The molecule has 5 heteroatoms. The minimum atomic E-state index is 0.127. The Bertz CT molecular complexity index is 406. The summed E-state index contributed by atoms with van der Waals surface area (Å²) in [5.74, 6) is 0.866. The van der Waals surface area contributed by atoms with Crippen LogP contribution in [0.5, 0.6) is 5.75 Å². The van der Waals surface area contributed by atoms with Crippen molar-refractivity contribution in [2.75, 3.05) is 27.7 Å².